The number of amides is 1. The monoisotopic (exact) mass is 413 g/mol. The Labute approximate surface area is 166 Å². The van der Waals surface area contributed by atoms with Gasteiger partial charge in [0.15, 0.2) is 0 Å². The van der Waals surface area contributed by atoms with Gasteiger partial charge in [-0.1, -0.05) is 42.5 Å². The van der Waals surface area contributed by atoms with E-state index in [1.807, 2.05) is 0 Å². The number of carbonyl (C=O) groups excluding carboxylic acids is 1. The Morgan fingerprint density at radius 2 is 1.60 bits per heavy atom. The molecule has 30 heavy (non-hydrogen) atoms. The third-order valence-electron chi connectivity index (χ3n) is 4.50. The van der Waals surface area contributed by atoms with E-state index in [9.17, 15) is 22.8 Å². The lowest BCUT2D eigenvalue weighted by atomic mass is 10.0. The van der Waals surface area contributed by atoms with Crippen LogP contribution in [0.25, 0.3) is 33.3 Å². The van der Waals surface area contributed by atoms with Gasteiger partial charge in [0.05, 0.1) is 16.6 Å². The van der Waals surface area contributed by atoms with Gasteiger partial charge in [0.1, 0.15) is 12.2 Å². The van der Waals surface area contributed by atoms with Crippen molar-refractivity contribution in [2.45, 2.75) is 12.7 Å². The van der Waals surface area contributed by atoms with Crippen molar-refractivity contribution in [2.24, 2.45) is 5.73 Å². The average molecular weight is 413 g/mol. The van der Waals surface area contributed by atoms with Crippen molar-refractivity contribution in [1.82, 2.24) is 20.0 Å². The van der Waals surface area contributed by atoms with Crippen molar-refractivity contribution in [3.8, 4) is 22.5 Å². The van der Waals surface area contributed by atoms with Crippen molar-refractivity contribution in [3.63, 3.8) is 0 Å². The third-order valence-corrected chi connectivity index (χ3v) is 4.50. The summed E-state index contributed by atoms with van der Waals surface area (Å²) >= 11 is 0. The number of hydrogen-bond acceptors (Lipinski definition) is 4. The molecule has 2 aromatic carbocycles. The molecular formula is C20H14F3N5O2. The lowest BCUT2D eigenvalue weighted by Gasteiger charge is -2.07. The molecule has 0 saturated carbocycles. The van der Waals surface area contributed by atoms with Gasteiger partial charge in [0, 0.05) is 22.7 Å². The number of H-pyrrole nitrogens is 1. The number of aromatic amines is 1. The number of rotatable bonds is 4. The second-order valence-corrected chi connectivity index (χ2v) is 6.59. The maximum Gasteiger partial charge on any atom is 0.408 e. The number of carbonyl (C=O) groups is 1. The minimum absolute atomic E-state index is 0.0533. The summed E-state index contributed by atoms with van der Waals surface area (Å²) in [6.07, 6.45) is -3.50. The molecule has 0 fully saturated rings. The number of alkyl halides is 3. The predicted octanol–water partition coefficient (Wildman–Crippen LogP) is 3.11. The minimum atomic E-state index is -4.49. The normalized spacial score (nSPS) is 11.7. The molecule has 0 spiro atoms. The second-order valence-electron chi connectivity index (χ2n) is 6.59. The molecule has 1 amide bonds. The number of halogens is 3. The number of hydrogen-bond donors (Lipinski definition) is 2. The summed E-state index contributed by atoms with van der Waals surface area (Å²) in [5.41, 5.74) is 6.56. The Kier molecular flexibility index (Phi) is 4.61. The molecule has 0 aliphatic carbocycles. The lowest BCUT2D eigenvalue weighted by molar-refractivity contribution is -0.142. The van der Waals surface area contributed by atoms with Gasteiger partial charge >= 0.3 is 6.18 Å². The van der Waals surface area contributed by atoms with Crippen LogP contribution in [-0.2, 0) is 6.54 Å². The molecule has 0 radical (unpaired) electrons. The molecule has 0 atom stereocenters. The Morgan fingerprint density at radius 1 is 1.00 bits per heavy atom. The molecule has 7 nitrogen and oxygen atoms in total. The van der Waals surface area contributed by atoms with E-state index in [4.69, 9.17) is 5.73 Å². The summed E-state index contributed by atoms with van der Waals surface area (Å²) in [5.74, 6) is -0.879. The largest absolute Gasteiger partial charge is 0.408 e. The minimum Gasteiger partial charge on any atom is -0.365 e. The molecule has 4 rings (SSSR count). The molecule has 0 saturated heterocycles. The van der Waals surface area contributed by atoms with Crippen molar-refractivity contribution < 1.29 is 18.0 Å². The summed E-state index contributed by atoms with van der Waals surface area (Å²) in [6.45, 7) is -1.33. The summed E-state index contributed by atoms with van der Waals surface area (Å²) in [6, 6.07) is 13.5. The molecule has 4 aromatic rings. The summed E-state index contributed by atoms with van der Waals surface area (Å²) in [4.78, 5) is 23.6. The highest BCUT2D eigenvalue weighted by Gasteiger charge is 2.29. The van der Waals surface area contributed by atoms with Crippen LogP contribution in [0.15, 0.2) is 59.5 Å². The van der Waals surface area contributed by atoms with E-state index in [0.29, 0.717) is 32.3 Å². The molecule has 0 unspecified atom stereocenters. The standard InChI is InChI=1S/C20H14F3N5O2/c21-20(22,23)10-28-9-15(18(24)29)17(27-28)12-7-5-11(6-8-12)16-13-3-1-2-4-14(13)19(30)26-25-16/h1-9H,10H2,(H2,24,29)(H,26,30). The van der Waals surface area contributed by atoms with Gasteiger partial charge in [-0.3, -0.25) is 14.3 Å². The first kappa shape index (κ1) is 19.4. The van der Waals surface area contributed by atoms with Crippen LogP contribution in [0.4, 0.5) is 13.2 Å². The highest BCUT2D eigenvalue weighted by atomic mass is 19.4. The van der Waals surface area contributed by atoms with E-state index < -0.39 is 18.6 Å². The topological polar surface area (TPSA) is 107 Å². The van der Waals surface area contributed by atoms with Crippen LogP contribution in [0.1, 0.15) is 10.4 Å². The predicted molar refractivity (Wildman–Crippen MR) is 104 cm³/mol. The number of benzene rings is 2. The fourth-order valence-corrected chi connectivity index (χ4v) is 3.20. The van der Waals surface area contributed by atoms with E-state index in [1.165, 1.54) is 0 Å². The number of nitrogens with two attached hydrogens (primary N) is 1. The molecule has 3 N–H and O–H groups in total. The lowest BCUT2D eigenvalue weighted by Crippen LogP contribution is -2.18. The first-order valence-corrected chi connectivity index (χ1v) is 8.75. The van der Waals surface area contributed by atoms with Crippen molar-refractivity contribution in [1.29, 1.82) is 0 Å². The number of fused-ring (bicyclic) bond motifs is 1. The highest BCUT2D eigenvalue weighted by Crippen LogP contribution is 2.29. The van der Waals surface area contributed by atoms with Gasteiger partial charge in [0.2, 0.25) is 0 Å². The summed E-state index contributed by atoms with van der Waals surface area (Å²) < 4.78 is 38.7. The number of nitrogens with zero attached hydrogens (tertiary/aromatic N) is 3. The van der Waals surface area contributed by atoms with E-state index in [-0.39, 0.29) is 16.8 Å². The zero-order chi connectivity index (χ0) is 21.5. The molecule has 2 aromatic heterocycles. The van der Waals surface area contributed by atoms with E-state index in [0.717, 1.165) is 6.20 Å². The number of primary amides is 1. The number of aromatic nitrogens is 4. The van der Waals surface area contributed by atoms with Gasteiger partial charge in [-0.05, 0) is 6.07 Å². The zero-order valence-corrected chi connectivity index (χ0v) is 15.3. The van der Waals surface area contributed by atoms with Crippen molar-refractivity contribution in [3.05, 3.63) is 70.6 Å². The molecule has 0 aliphatic rings. The third kappa shape index (κ3) is 3.66. The Morgan fingerprint density at radius 3 is 2.20 bits per heavy atom. The Bertz CT molecular complexity index is 1310. The molecule has 0 aliphatic heterocycles. The van der Waals surface area contributed by atoms with E-state index >= 15 is 0 Å². The van der Waals surface area contributed by atoms with Crippen LogP contribution in [0, 0.1) is 0 Å². The highest BCUT2D eigenvalue weighted by molar-refractivity contribution is 5.99. The van der Waals surface area contributed by atoms with Crippen LogP contribution in [0.3, 0.4) is 0 Å². The second kappa shape index (κ2) is 7.14. The van der Waals surface area contributed by atoms with E-state index in [2.05, 4.69) is 15.3 Å². The molecule has 10 heteroatoms. The summed E-state index contributed by atoms with van der Waals surface area (Å²) in [7, 11) is 0. The van der Waals surface area contributed by atoms with Crippen LogP contribution in [0.2, 0.25) is 0 Å². The van der Waals surface area contributed by atoms with Crippen LogP contribution >= 0.6 is 0 Å². The molecule has 152 valence electrons. The van der Waals surface area contributed by atoms with Gasteiger partial charge < -0.3 is 5.73 Å². The first-order valence-electron chi connectivity index (χ1n) is 8.75. The fraction of sp³-hybridized carbons (Fsp3) is 0.100. The van der Waals surface area contributed by atoms with Crippen LogP contribution < -0.4 is 11.3 Å². The van der Waals surface area contributed by atoms with Gasteiger partial charge in [-0.2, -0.15) is 23.4 Å². The van der Waals surface area contributed by atoms with Crippen LogP contribution in [-0.4, -0.2) is 32.1 Å². The molecular weight excluding hydrogens is 399 g/mol. The van der Waals surface area contributed by atoms with Gasteiger partial charge in [-0.25, -0.2) is 5.10 Å². The van der Waals surface area contributed by atoms with Crippen molar-refractivity contribution in [2.75, 3.05) is 0 Å². The van der Waals surface area contributed by atoms with Gasteiger partial charge in [-0.15, -0.1) is 0 Å². The van der Waals surface area contributed by atoms with Crippen molar-refractivity contribution >= 4 is 16.7 Å². The Hall–Kier alpha value is -3.95. The first-order chi connectivity index (χ1) is 14.2. The summed E-state index contributed by atoms with van der Waals surface area (Å²) in [5, 5.41) is 11.6. The zero-order valence-electron chi connectivity index (χ0n) is 15.3. The maximum absolute atomic E-state index is 12.7. The smallest absolute Gasteiger partial charge is 0.365 e. The average Bonchev–Trinajstić information content (AvgIpc) is 3.11. The molecule has 0 bridgehead atoms. The Balaban J connectivity index is 1.76. The quantitative estimate of drug-likeness (QED) is 0.536. The molecule has 2 heterocycles. The van der Waals surface area contributed by atoms with Gasteiger partial charge in [0.25, 0.3) is 11.5 Å². The van der Waals surface area contributed by atoms with Crippen LogP contribution in [0.5, 0.6) is 0 Å². The van der Waals surface area contributed by atoms with E-state index in [1.54, 1.807) is 48.5 Å². The number of nitrogens with one attached hydrogen (secondary N) is 1. The maximum atomic E-state index is 12.7. The fourth-order valence-electron chi connectivity index (χ4n) is 3.20. The SMILES string of the molecule is NC(=O)c1cn(CC(F)(F)F)nc1-c1ccc(-c2n[nH]c(=O)c3ccccc23)cc1.